The van der Waals surface area contributed by atoms with E-state index in [1.54, 1.807) is 0 Å². The van der Waals surface area contributed by atoms with Crippen molar-refractivity contribution in [3.05, 3.63) is 0 Å². The van der Waals surface area contributed by atoms with Crippen molar-refractivity contribution in [2.24, 2.45) is 0 Å². The maximum atomic E-state index is 9.00. The van der Waals surface area contributed by atoms with Crippen molar-refractivity contribution < 1.29 is 92.9 Å². The van der Waals surface area contributed by atoms with Crippen LogP contribution in [-0.2, 0) is 14.4 Å². The van der Waals surface area contributed by atoms with Gasteiger partial charge in [-0.2, -0.15) is 0 Å². The van der Waals surface area contributed by atoms with Crippen molar-refractivity contribution in [1.82, 2.24) is 0 Å². The van der Waals surface area contributed by atoms with Gasteiger partial charge >= 0.3 is 0 Å². The summed E-state index contributed by atoms with van der Waals surface area (Å²) in [6.45, 7) is 3.25. The van der Waals surface area contributed by atoms with Gasteiger partial charge in [-0.05, 0) is 0 Å². The summed E-state index contributed by atoms with van der Waals surface area (Å²) in [5.41, 5.74) is 0. The Morgan fingerprint density at radius 2 is 0.588 bits per heavy atom. The molecule has 107 valence electrons. The van der Waals surface area contributed by atoms with Gasteiger partial charge in [-0.25, -0.2) is 0 Å². The van der Waals surface area contributed by atoms with Crippen LogP contribution < -0.4 is 0 Å². The molecular weight excluding hydrogens is 373 g/mol. The van der Waals surface area contributed by atoms with E-state index in [4.69, 9.17) is 29.7 Å². The molecule has 0 aliphatic rings. The Bertz CT molecular complexity index is 118. The van der Waals surface area contributed by atoms with E-state index in [1.165, 1.54) is 0 Å². The predicted molar refractivity (Wildman–Crippen MR) is 54.4 cm³/mol. The molecule has 0 aromatic heterocycles. The zero-order valence-electron chi connectivity index (χ0n) is 9.64. The molecule has 0 aromatic rings. The zero-order valence-corrected chi connectivity index (χ0v) is 13.3. The van der Waals surface area contributed by atoms with E-state index in [2.05, 4.69) is 0 Å². The average molecular weight is 393 g/mol. The van der Waals surface area contributed by atoms with Crippen LogP contribution in [0.4, 0.5) is 0 Å². The fraction of sp³-hybridized carbons (Fsp3) is 0.500. The van der Waals surface area contributed by atoms with Crippen LogP contribution in [0.15, 0.2) is 0 Å². The Kier molecular flexibility index (Phi) is 144. The smallest absolute Gasteiger partial charge is 0.300 e. The third-order valence-corrected chi connectivity index (χ3v) is 0. The molecule has 0 atom stereocenters. The van der Waals surface area contributed by atoms with E-state index >= 15 is 0 Å². The minimum absolute atomic E-state index is 0. The Balaban J connectivity index is -0.0000000104. The summed E-state index contributed by atoms with van der Waals surface area (Å²) in [6, 6.07) is 0. The molecule has 0 fully saturated rings. The second-order valence-corrected chi connectivity index (χ2v) is 1.56. The summed E-state index contributed by atoms with van der Waals surface area (Å²) in [7, 11) is 0. The minimum atomic E-state index is -0.833. The Morgan fingerprint density at radius 1 is 0.588 bits per heavy atom. The first-order chi connectivity index (χ1) is 5.20. The van der Waals surface area contributed by atoms with Crippen molar-refractivity contribution in [3.8, 4) is 0 Å². The molecule has 0 saturated heterocycles. The Morgan fingerprint density at radius 3 is 0.588 bits per heavy atom. The standard InChI is InChI=1S/3C2H4O2.4H2O.Pr/c3*1-2(3)4;;;;;/h3*1H3,(H,3,4);4*1H2;. The second-order valence-electron chi connectivity index (χ2n) is 1.56. The van der Waals surface area contributed by atoms with Crippen LogP contribution in [0.2, 0.25) is 0 Å². The Hall–Kier alpha value is -0.386. The molecule has 0 spiro atoms. The average Bonchev–Trinajstić information content (AvgIpc) is 1.54. The first-order valence-corrected chi connectivity index (χ1v) is 2.78. The molecular formula is C6H20O10Pr. The normalized spacial score (nSPS) is 4.41. The topological polar surface area (TPSA) is 238 Å². The molecule has 0 rings (SSSR count). The van der Waals surface area contributed by atoms with Gasteiger partial charge in [0.1, 0.15) is 0 Å². The van der Waals surface area contributed by atoms with Crippen molar-refractivity contribution in [2.45, 2.75) is 20.8 Å². The molecule has 0 aliphatic heterocycles. The van der Waals surface area contributed by atoms with Crippen LogP contribution in [0, 0.1) is 41.3 Å². The number of carboxylic acids is 3. The van der Waals surface area contributed by atoms with Crippen LogP contribution in [-0.4, -0.2) is 55.1 Å². The molecule has 1 radical (unpaired) electrons. The fourth-order valence-corrected chi connectivity index (χ4v) is 0. The van der Waals surface area contributed by atoms with E-state index in [0.717, 1.165) is 20.8 Å². The second kappa shape index (κ2) is 44.9. The van der Waals surface area contributed by atoms with E-state index in [0.29, 0.717) is 0 Å². The van der Waals surface area contributed by atoms with Gasteiger partial charge in [-0.15, -0.1) is 0 Å². The molecule has 0 aromatic carbocycles. The summed E-state index contributed by atoms with van der Waals surface area (Å²) < 4.78 is 0. The van der Waals surface area contributed by atoms with Crippen LogP contribution in [0.5, 0.6) is 0 Å². The quantitative estimate of drug-likeness (QED) is 0.386. The largest absolute Gasteiger partial charge is 0.481 e. The summed E-state index contributed by atoms with van der Waals surface area (Å²) in [6.07, 6.45) is 0. The van der Waals surface area contributed by atoms with Crippen molar-refractivity contribution in [3.63, 3.8) is 0 Å². The molecule has 0 amide bonds. The van der Waals surface area contributed by atoms with Gasteiger partial charge in [0, 0.05) is 62.1 Å². The SMILES string of the molecule is CC(=O)O.CC(=O)O.CC(=O)O.O.O.O.O.[Pr]. The molecule has 10 nitrogen and oxygen atoms in total. The number of hydrogen-bond donors (Lipinski definition) is 3. The minimum Gasteiger partial charge on any atom is -0.481 e. The fourth-order valence-electron chi connectivity index (χ4n) is 0. The number of carboxylic acid groups (broad SMARTS) is 3. The number of hydrogen-bond acceptors (Lipinski definition) is 3. The van der Waals surface area contributed by atoms with Crippen molar-refractivity contribution >= 4 is 17.9 Å². The number of rotatable bonds is 0. The Labute approximate surface area is 131 Å². The summed E-state index contributed by atoms with van der Waals surface area (Å²) in [4.78, 5) is 27.0. The van der Waals surface area contributed by atoms with Gasteiger partial charge < -0.3 is 37.2 Å². The van der Waals surface area contributed by atoms with E-state index < -0.39 is 17.9 Å². The predicted octanol–water partition coefficient (Wildman–Crippen LogP) is -3.03. The molecule has 11 N–H and O–H groups in total. The van der Waals surface area contributed by atoms with Gasteiger partial charge in [0.2, 0.25) is 0 Å². The van der Waals surface area contributed by atoms with E-state index in [9.17, 15) is 0 Å². The van der Waals surface area contributed by atoms with Gasteiger partial charge in [0.05, 0.1) is 0 Å². The first kappa shape index (κ1) is 54.6. The van der Waals surface area contributed by atoms with Crippen molar-refractivity contribution in [2.75, 3.05) is 0 Å². The maximum Gasteiger partial charge on any atom is 0.300 e. The van der Waals surface area contributed by atoms with Crippen LogP contribution in [0.25, 0.3) is 0 Å². The van der Waals surface area contributed by atoms with Gasteiger partial charge in [-0.1, -0.05) is 0 Å². The first-order valence-electron chi connectivity index (χ1n) is 2.78. The third kappa shape index (κ3) is 19400. The van der Waals surface area contributed by atoms with Crippen molar-refractivity contribution in [1.29, 1.82) is 0 Å². The van der Waals surface area contributed by atoms with Gasteiger partial charge in [0.15, 0.2) is 0 Å². The maximum absolute atomic E-state index is 9.00. The molecule has 17 heavy (non-hydrogen) atoms. The molecule has 0 bridgehead atoms. The number of aliphatic carboxylic acids is 3. The van der Waals surface area contributed by atoms with E-state index in [-0.39, 0.29) is 63.2 Å². The van der Waals surface area contributed by atoms with Crippen LogP contribution >= 0.6 is 0 Å². The van der Waals surface area contributed by atoms with Crippen LogP contribution in [0.1, 0.15) is 20.8 Å². The third-order valence-electron chi connectivity index (χ3n) is 0. The monoisotopic (exact) mass is 393 g/mol. The number of carbonyl (C=O) groups is 3. The molecule has 0 saturated carbocycles. The summed E-state index contributed by atoms with van der Waals surface area (Å²) >= 11 is 0. The van der Waals surface area contributed by atoms with Gasteiger partial charge in [0.25, 0.3) is 17.9 Å². The summed E-state index contributed by atoms with van der Waals surface area (Å²) in [5, 5.41) is 22.2. The molecule has 0 unspecified atom stereocenters. The van der Waals surface area contributed by atoms with Crippen LogP contribution in [0.3, 0.4) is 0 Å². The molecule has 11 heteroatoms. The molecule has 0 aliphatic carbocycles. The van der Waals surface area contributed by atoms with Gasteiger partial charge in [-0.3, -0.25) is 14.4 Å². The molecule has 0 heterocycles. The van der Waals surface area contributed by atoms with E-state index in [1.807, 2.05) is 0 Å². The summed E-state index contributed by atoms with van der Waals surface area (Å²) in [5.74, 6) is -2.50. The zero-order chi connectivity index (χ0) is 10.7.